The van der Waals surface area contributed by atoms with E-state index in [0.717, 1.165) is 0 Å². The summed E-state index contributed by atoms with van der Waals surface area (Å²) in [7, 11) is 0. The van der Waals surface area contributed by atoms with Gasteiger partial charge in [-0.25, -0.2) is 9.82 Å². The molecule has 0 amide bonds. The van der Waals surface area contributed by atoms with Gasteiger partial charge in [-0.3, -0.25) is 5.84 Å². The molecule has 3 N–H and O–H groups in total. The third kappa shape index (κ3) is 3.02. The molecule has 0 saturated carbocycles. The van der Waals surface area contributed by atoms with E-state index >= 15 is 0 Å². The molecule has 0 spiro atoms. The number of hydrogen-bond donors (Lipinski definition) is 2. The third-order valence-corrected chi connectivity index (χ3v) is 3.60. The standard InChI is InChI=1S/C13H10Cl3FN2/c14-7-4-5-10(15)9(6-7)13(19-18)8-2-1-3-11(16)12(8)17/h1-6,13,19H,18H2. The Labute approximate surface area is 125 Å². The Kier molecular flexibility index (Phi) is 4.66. The first-order valence-electron chi connectivity index (χ1n) is 5.39. The zero-order valence-electron chi connectivity index (χ0n) is 9.63. The highest BCUT2D eigenvalue weighted by Crippen LogP contribution is 2.33. The molecule has 0 saturated heterocycles. The van der Waals surface area contributed by atoms with Crippen LogP contribution < -0.4 is 11.3 Å². The predicted octanol–water partition coefficient (Wildman–Crippen LogP) is 4.34. The SMILES string of the molecule is NNC(c1cc(Cl)ccc1Cl)c1cccc(Cl)c1F. The van der Waals surface area contributed by atoms with Crippen molar-refractivity contribution in [2.45, 2.75) is 6.04 Å². The molecule has 6 heteroatoms. The second-order valence-electron chi connectivity index (χ2n) is 3.91. The van der Waals surface area contributed by atoms with Gasteiger partial charge in [0.2, 0.25) is 0 Å². The molecule has 2 nitrogen and oxygen atoms in total. The fraction of sp³-hybridized carbons (Fsp3) is 0.0769. The molecule has 2 rings (SSSR count). The van der Waals surface area contributed by atoms with E-state index in [2.05, 4.69) is 5.43 Å². The van der Waals surface area contributed by atoms with E-state index in [1.54, 1.807) is 30.3 Å². The van der Waals surface area contributed by atoms with Gasteiger partial charge in [-0.1, -0.05) is 46.9 Å². The summed E-state index contributed by atoms with van der Waals surface area (Å²) in [5, 5.41) is 0.949. The van der Waals surface area contributed by atoms with Gasteiger partial charge in [0.05, 0.1) is 11.1 Å². The molecule has 0 fully saturated rings. The smallest absolute Gasteiger partial charge is 0.146 e. The van der Waals surface area contributed by atoms with Crippen LogP contribution in [0.15, 0.2) is 36.4 Å². The van der Waals surface area contributed by atoms with Crippen molar-refractivity contribution >= 4 is 34.8 Å². The summed E-state index contributed by atoms with van der Waals surface area (Å²) in [5.74, 6) is 4.97. The van der Waals surface area contributed by atoms with Crippen LogP contribution in [0.3, 0.4) is 0 Å². The third-order valence-electron chi connectivity index (χ3n) is 2.73. The zero-order chi connectivity index (χ0) is 14.0. The minimum atomic E-state index is -0.634. The fourth-order valence-electron chi connectivity index (χ4n) is 1.83. The Hall–Kier alpha value is -0.840. The van der Waals surface area contributed by atoms with Crippen LogP contribution in [0.5, 0.6) is 0 Å². The molecule has 0 bridgehead atoms. The molecule has 0 aromatic heterocycles. The Morgan fingerprint density at radius 3 is 2.42 bits per heavy atom. The molecule has 0 heterocycles. The summed E-state index contributed by atoms with van der Waals surface area (Å²) in [4.78, 5) is 0. The lowest BCUT2D eigenvalue weighted by Crippen LogP contribution is -2.29. The summed E-state index contributed by atoms with van der Waals surface area (Å²) in [6, 6.07) is 8.97. The quantitative estimate of drug-likeness (QED) is 0.652. The average molecular weight is 320 g/mol. The highest BCUT2D eigenvalue weighted by Gasteiger charge is 2.20. The molecular weight excluding hydrogens is 310 g/mol. The van der Waals surface area contributed by atoms with Crippen LogP contribution in [-0.2, 0) is 0 Å². The molecule has 0 aliphatic heterocycles. The van der Waals surface area contributed by atoms with Crippen molar-refractivity contribution in [3.63, 3.8) is 0 Å². The summed E-state index contributed by atoms with van der Waals surface area (Å²) in [6.45, 7) is 0. The predicted molar refractivity (Wildman–Crippen MR) is 77.0 cm³/mol. The van der Waals surface area contributed by atoms with Crippen molar-refractivity contribution in [1.29, 1.82) is 0 Å². The normalized spacial score (nSPS) is 12.5. The molecule has 1 atom stereocenters. The lowest BCUT2D eigenvalue weighted by Gasteiger charge is -2.19. The van der Waals surface area contributed by atoms with Gasteiger partial charge >= 0.3 is 0 Å². The van der Waals surface area contributed by atoms with E-state index in [4.69, 9.17) is 40.6 Å². The average Bonchev–Trinajstić information content (AvgIpc) is 2.39. The highest BCUT2D eigenvalue weighted by atomic mass is 35.5. The van der Waals surface area contributed by atoms with Crippen LogP contribution in [0.25, 0.3) is 0 Å². The Morgan fingerprint density at radius 2 is 1.74 bits per heavy atom. The van der Waals surface area contributed by atoms with E-state index in [9.17, 15) is 4.39 Å². The van der Waals surface area contributed by atoms with Gasteiger partial charge in [0, 0.05) is 15.6 Å². The van der Waals surface area contributed by atoms with E-state index in [1.807, 2.05) is 0 Å². The molecule has 1 unspecified atom stereocenters. The van der Waals surface area contributed by atoms with E-state index < -0.39 is 11.9 Å². The maximum atomic E-state index is 14.1. The van der Waals surface area contributed by atoms with Crippen LogP contribution in [0.4, 0.5) is 4.39 Å². The fourth-order valence-corrected chi connectivity index (χ4v) is 2.42. The first-order chi connectivity index (χ1) is 9.04. The minimum Gasteiger partial charge on any atom is -0.271 e. The van der Waals surface area contributed by atoms with E-state index in [1.165, 1.54) is 6.07 Å². The van der Waals surface area contributed by atoms with Gasteiger partial charge in [-0.05, 0) is 29.8 Å². The lowest BCUT2D eigenvalue weighted by molar-refractivity contribution is 0.560. The summed E-state index contributed by atoms with van der Waals surface area (Å²) >= 11 is 17.8. The maximum absolute atomic E-state index is 14.1. The van der Waals surface area contributed by atoms with Crippen molar-refractivity contribution < 1.29 is 4.39 Å². The van der Waals surface area contributed by atoms with Crippen molar-refractivity contribution in [1.82, 2.24) is 5.43 Å². The van der Waals surface area contributed by atoms with Crippen LogP contribution in [0, 0.1) is 5.82 Å². The summed E-state index contributed by atoms with van der Waals surface area (Å²) in [5.41, 5.74) is 3.42. The summed E-state index contributed by atoms with van der Waals surface area (Å²) < 4.78 is 14.1. The van der Waals surface area contributed by atoms with Crippen molar-refractivity contribution in [2.24, 2.45) is 5.84 Å². The zero-order valence-corrected chi connectivity index (χ0v) is 11.9. The number of rotatable bonds is 3. The number of nitrogens with one attached hydrogen (secondary N) is 1. The molecule has 100 valence electrons. The number of hydrazine groups is 1. The molecular formula is C13H10Cl3FN2. The Bertz CT molecular complexity index is 602. The van der Waals surface area contributed by atoms with Gasteiger partial charge < -0.3 is 0 Å². The molecule has 2 aromatic carbocycles. The first kappa shape index (κ1) is 14.6. The second kappa shape index (κ2) is 6.07. The minimum absolute atomic E-state index is 0.0240. The first-order valence-corrected chi connectivity index (χ1v) is 6.53. The van der Waals surface area contributed by atoms with Gasteiger partial charge in [0.1, 0.15) is 5.82 Å². The highest BCUT2D eigenvalue weighted by molar-refractivity contribution is 6.33. The van der Waals surface area contributed by atoms with Crippen molar-refractivity contribution in [3.8, 4) is 0 Å². The molecule has 0 aliphatic carbocycles. The molecule has 0 radical (unpaired) electrons. The van der Waals surface area contributed by atoms with Gasteiger partial charge in [0.15, 0.2) is 0 Å². The van der Waals surface area contributed by atoms with Gasteiger partial charge in [-0.15, -0.1) is 0 Å². The number of benzene rings is 2. The largest absolute Gasteiger partial charge is 0.271 e. The van der Waals surface area contributed by atoms with Crippen LogP contribution in [0.1, 0.15) is 17.2 Å². The van der Waals surface area contributed by atoms with Crippen molar-refractivity contribution in [2.75, 3.05) is 0 Å². The van der Waals surface area contributed by atoms with Gasteiger partial charge in [-0.2, -0.15) is 0 Å². The number of hydrogen-bond acceptors (Lipinski definition) is 2. The number of halogens is 4. The summed E-state index contributed by atoms with van der Waals surface area (Å²) in [6.07, 6.45) is 0. The Morgan fingerprint density at radius 1 is 1.00 bits per heavy atom. The lowest BCUT2D eigenvalue weighted by atomic mass is 9.99. The number of nitrogens with two attached hydrogens (primary N) is 1. The van der Waals surface area contributed by atoms with E-state index in [-0.39, 0.29) is 5.02 Å². The van der Waals surface area contributed by atoms with Crippen LogP contribution in [0.2, 0.25) is 15.1 Å². The topological polar surface area (TPSA) is 38.0 Å². The monoisotopic (exact) mass is 318 g/mol. The van der Waals surface area contributed by atoms with E-state index in [0.29, 0.717) is 21.2 Å². The van der Waals surface area contributed by atoms with Crippen LogP contribution in [-0.4, -0.2) is 0 Å². The van der Waals surface area contributed by atoms with Crippen molar-refractivity contribution in [3.05, 3.63) is 68.4 Å². The molecule has 19 heavy (non-hydrogen) atoms. The van der Waals surface area contributed by atoms with Gasteiger partial charge in [0.25, 0.3) is 0 Å². The van der Waals surface area contributed by atoms with Crippen LogP contribution >= 0.6 is 34.8 Å². The Balaban J connectivity index is 2.56. The molecule has 0 aliphatic rings. The second-order valence-corrected chi connectivity index (χ2v) is 5.16. The molecule has 2 aromatic rings. The maximum Gasteiger partial charge on any atom is 0.146 e.